The Morgan fingerprint density at radius 2 is 1.88 bits per heavy atom. The van der Waals surface area contributed by atoms with Crippen LogP contribution in [0.4, 0.5) is 0 Å². The van der Waals surface area contributed by atoms with Crippen molar-refractivity contribution in [2.75, 3.05) is 0 Å². The molecule has 0 radical (unpaired) electrons. The van der Waals surface area contributed by atoms with Crippen molar-refractivity contribution in [3.63, 3.8) is 0 Å². The van der Waals surface area contributed by atoms with Crippen molar-refractivity contribution in [3.05, 3.63) is 34.4 Å². The highest BCUT2D eigenvalue weighted by atomic mass is 15.2. The van der Waals surface area contributed by atoms with E-state index in [0.717, 1.165) is 50.7 Å². The standard InChI is InChI=1S/C25H20/c1-18-5-14-12-4-15(18)23-7-21(14)17-16-9-2-13-11-3-10(9)20(17)6-19(11,16)24(23,25(13,18)21)8-22(12,20)23/h2-3,12,14-17H,4-8H2,1H3. The number of fused-ring (bicyclic) bond motifs is 2. The summed E-state index contributed by atoms with van der Waals surface area (Å²) in [6.45, 7) is 2.87. The first kappa shape index (κ1) is 9.95. The summed E-state index contributed by atoms with van der Waals surface area (Å²) in [5.41, 5.74) is 14.0. The molecule has 8 saturated carbocycles. The second-order valence-corrected chi connectivity index (χ2v) is 13.7. The van der Waals surface area contributed by atoms with Crippen LogP contribution in [0, 0.1) is 50.7 Å². The van der Waals surface area contributed by atoms with Gasteiger partial charge in [-0.05, 0) is 111 Å². The monoisotopic (exact) mass is 320 g/mol. The summed E-state index contributed by atoms with van der Waals surface area (Å²) in [5, 5.41) is 0. The van der Waals surface area contributed by atoms with Crippen molar-refractivity contribution >= 4 is 0 Å². The number of hydrogen-bond donors (Lipinski definition) is 0. The van der Waals surface area contributed by atoms with Crippen molar-refractivity contribution in [1.82, 2.24) is 0 Å². The van der Waals surface area contributed by atoms with Gasteiger partial charge in [0, 0.05) is 16.2 Å². The molecular formula is C25H20. The van der Waals surface area contributed by atoms with Gasteiger partial charge < -0.3 is 0 Å². The van der Waals surface area contributed by atoms with Crippen LogP contribution in [0.25, 0.3) is 0 Å². The van der Waals surface area contributed by atoms with Gasteiger partial charge in [0.15, 0.2) is 0 Å². The van der Waals surface area contributed by atoms with Crippen LogP contribution in [-0.2, 0) is 16.2 Å². The van der Waals surface area contributed by atoms with Gasteiger partial charge in [-0.15, -0.1) is 0 Å². The summed E-state index contributed by atoms with van der Waals surface area (Å²) < 4.78 is 0. The maximum absolute atomic E-state index is 2.90. The van der Waals surface area contributed by atoms with Crippen molar-refractivity contribution < 1.29 is 0 Å². The summed E-state index contributed by atoms with van der Waals surface area (Å²) >= 11 is 0. The summed E-state index contributed by atoms with van der Waals surface area (Å²) in [6, 6.07) is 5.78. The van der Waals surface area contributed by atoms with E-state index in [1.165, 1.54) is 5.92 Å². The van der Waals surface area contributed by atoms with Gasteiger partial charge in [-0.3, -0.25) is 0 Å². The molecule has 1 aromatic carbocycles. The predicted octanol–water partition coefficient (Wildman–Crippen LogP) is 4.01. The molecule has 0 amide bonds. The molecular weight excluding hydrogens is 300 g/mol. The fraction of sp³-hybridized carbons (Fsp3) is 0.760. The average molecular weight is 320 g/mol. The SMILES string of the molecule is CC12CC3C4CC1C15CC36C3C7c8cc9c%10cc8C38CC%107C1(CC485)C926. The van der Waals surface area contributed by atoms with E-state index >= 15 is 0 Å². The Morgan fingerprint density at radius 1 is 0.920 bits per heavy atom. The van der Waals surface area contributed by atoms with Crippen LogP contribution in [-0.4, -0.2) is 0 Å². The maximum atomic E-state index is 2.90. The zero-order valence-corrected chi connectivity index (χ0v) is 14.6. The van der Waals surface area contributed by atoms with Crippen molar-refractivity contribution in [2.24, 2.45) is 50.7 Å². The minimum absolute atomic E-state index is 0.691. The lowest BCUT2D eigenvalue weighted by atomic mass is 9.18. The summed E-state index contributed by atoms with van der Waals surface area (Å²) in [5.74, 6) is 5.64. The number of benzene rings is 1. The molecule has 0 heteroatoms. The van der Waals surface area contributed by atoms with Gasteiger partial charge in [0.05, 0.1) is 0 Å². The van der Waals surface area contributed by atoms with Crippen LogP contribution in [0.2, 0.25) is 0 Å². The van der Waals surface area contributed by atoms with Gasteiger partial charge in [0.1, 0.15) is 0 Å². The number of rotatable bonds is 0. The molecule has 6 spiro atoms. The molecule has 13 rings (SSSR count). The molecule has 1 aromatic rings. The summed E-state index contributed by atoms with van der Waals surface area (Å²) in [6.07, 6.45) is 8.50. The first-order valence-electron chi connectivity index (χ1n) is 11.3. The Bertz CT molecular complexity index is 1240. The van der Waals surface area contributed by atoms with Gasteiger partial charge in [-0.1, -0.05) is 19.1 Å². The van der Waals surface area contributed by atoms with Gasteiger partial charge >= 0.3 is 0 Å². The fourth-order valence-electron chi connectivity index (χ4n) is 18.4. The van der Waals surface area contributed by atoms with Gasteiger partial charge in [0.2, 0.25) is 0 Å². The topological polar surface area (TPSA) is 0 Å². The molecule has 0 N–H and O–H groups in total. The molecule has 120 valence electrons. The van der Waals surface area contributed by atoms with Crippen LogP contribution in [0.3, 0.4) is 0 Å². The largest absolute Gasteiger partial charge is 0.0584 e. The number of hydrogen-bond acceptors (Lipinski definition) is 0. The van der Waals surface area contributed by atoms with E-state index in [-0.39, 0.29) is 0 Å². The van der Waals surface area contributed by atoms with E-state index in [0.29, 0.717) is 16.2 Å². The van der Waals surface area contributed by atoms with E-state index < -0.39 is 0 Å². The highest BCUT2D eigenvalue weighted by Gasteiger charge is 3.21. The highest BCUT2D eigenvalue weighted by Crippen LogP contribution is 3.24. The lowest BCUT2D eigenvalue weighted by molar-refractivity contribution is -0.329. The van der Waals surface area contributed by atoms with E-state index in [1.54, 1.807) is 32.1 Å². The summed E-state index contributed by atoms with van der Waals surface area (Å²) in [4.78, 5) is 0. The molecule has 12 aliphatic carbocycles. The fourth-order valence-corrected chi connectivity index (χ4v) is 18.4. The molecule has 0 nitrogen and oxygen atoms in total. The second kappa shape index (κ2) is 1.74. The normalized spacial score (nSPS) is 91.5. The third-order valence-corrected chi connectivity index (χ3v) is 16.1. The smallest absolute Gasteiger partial charge is 0.0146 e. The van der Waals surface area contributed by atoms with Crippen LogP contribution >= 0.6 is 0 Å². The molecule has 0 aliphatic heterocycles. The molecule has 12 bridgehead atoms. The Morgan fingerprint density at radius 3 is 2.84 bits per heavy atom. The minimum Gasteiger partial charge on any atom is -0.0584 e. The summed E-state index contributed by atoms with van der Waals surface area (Å²) in [7, 11) is 0. The quantitative estimate of drug-likeness (QED) is 0.677. The molecule has 13 unspecified atom stereocenters. The molecule has 0 saturated heterocycles. The zero-order valence-electron chi connectivity index (χ0n) is 14.6. The Hall–Kier alpha value is -0.780. The van der Waals surface area contributed by atoms with Crippen molar-refractivity contribution in [3.8, 4) is 0 Å². The lowest BCUT2D eigenvalue weighted by Crippen LogP contribution is -2.82. The zero-order chi connectivity index (χ0) is 15.1. The van der Waals surface area contributed by atoms with Crippen molar-refractivity contribution in [2.45, 2.75) is 61.2 Å². The highest BCUT2D eigenvalue weighted by molar-refractivity contribution is 5.87. The third kappa shape index (κ3) is 0.333. The molecule has 0 heterocycles. The van der Waals surface area contributed by atoms with E-state index in [4.69, 9.17) is 0 Å². The first-order valence-corrected chi connectivity index (χ1v) is 11.3. The van der Waals surface area contributed by atoms with Crippen LogP contribution in [0.15, 0.2) is 12.1 Å². The van der Waals surface area contributed by atoms with E-state index in [2.05, 4.69) is 19.1 Å². The third-order valence-electron chi connectivity index (χ3n) is 16.1. The van der Waals surface area contributed by atoms with Gasteiger partial charge in [-0.25, -0.2) is 0 Å². The predicted molar refractivity (Wildman–Crippen MR) is 89.1 cm³/mol. The minimum atomic E-state index is 0.691. The molecule has 12 aliphatic rings. The Kier molecular flexibility index (Phi) is 0.692. The van der Waals surface area contributed by atoms with Crippen LogP contribution in [0.1, 0.15) is 67.2 Å². The van der Waals surface area contributed by atoms with Gasteiger partial charge in [0.25, 0.3) is 0 Å². The van der Waals surface area contributed by atoms with Crippen molar-refractivity contribution in [1.29, 1.82) is 0 Å². The first-order chi connectivity index (χ1) is 12.1. The van der Waals surface area contributed by atoms with Gasteiger partial charge in [-0.2, -0.15) is 0 Å². The maximum Gasteiger partial charge on any atom is 0.0146 e. The van der Waals surface area contributed by atoms with Crippen LogP contribution < -0.4 is 0 Å². The molecule has 25 heavy (non-hydrogen) atoms. The lowest BCUT2D eigenvalue weighted by Gasteiger charge is -2.84. The van der Waals surface area contributed by atoms with Crippen LogP contribution in [0.5, 0.6) is 0 Å². The Balaban J connectivity index is 1.57. The Labute approximate surface area is 146 Å². The molecule has 8 fully saturated rings. The van der Waals surface area contributed by atoms with E-state index in [1.807, 2.05) is 22.3 Å². The average Bonchev–Trinajstić information content (AvgIpc) is 3.16. The molecule has 13 atom stereocenters. The molecule has 0 aromatic heterocycles. The second-order valence-electron chi connectivity index (χ2n) is 13.7. The van der Waals surface area contributed by atoms with E-state index in [9.17, 15) is 0 Å².